The van der Waals surface area contributed by atoms with Crippen LogP contribution in [0.2, 0.25) is 0 Å². The zero-order chi connectivity index (χ0) is 32.6. The van der Waals surface area contributed by atoms with Gasteiger partial charge in [0.25, 0.3) is 11.8 Å². The Morgan fingerprint density at radius 3 is 2.45 bits per heavy atom. The lowest BCUT2D eigenvalue weighted by molar-refractivity contribution is -0.163. The van der Waals surface area contributed by atoms with Crippen LogP contribution in [0.1, 0.15) is 78.6 Å². The number of carbonyl (C=O) groups is 4. The minimum atomic E-state index is -1.04. The van der Waals surface area contributed by atoms with Crippen molar-refractivity contribution < 1.29 is 23.9 Å². The molecule has 0 bridgehead atoms. The Morgan fingerprint density at radius 1 is 1.07 bits per heavy atom. The summed E-state index contributed by atoms with van der Waals surface area (Å²) in [5.74, 6) is -2.37. The van der Waals surface area contributed by atoms with E-state index in [4.69, 9.17) is 4.74 Å². The topological polar surface area (TPSA) is 130 Å². The second-order valence-corrected chi connectivity index (χ2v) is 12.0. The third-order valence-corrected chi connectivity index (χ3v) is 8.10. The van der Waals surface area contributed by atoms with Gasteiger partial charge in [0.05, 0.1) is 17.7 Å². The number of benzene rings is 1. The molecular formula is C34H47N5O5. The van der Waals surface area contributed by atoms with Crippen LogP contribution in [0, 0.1) is 17.8 Å². The summed E-state index contributed by atoms with van der Waals surface area (Å²) in [5.41, 5.74) is 4.76. The summed E-state index contributed by atoms with van der Waals surface area (Å²) < 4.78 is 5.60. The quantitative estimate of drug-likeness (QED) is 0.240. The first-order valence-corrected chi connectivity index (χ1v) is 15.4. The number of esters is 1. The van der Waals surface area contributed by atoms with Crippen molar-refractivity contribution in [1.82, 2.24) is 26.1 Å². The van der Waals surface area contributed by atoms with Gasteiger partial charge in [-0.1, -0.05) is 58.6 Å². The third kappa shape index (κ3) is 8.75. The maximum absolute atomic E-state index is 13.3. The maximum Gasteiger partial charge on any atom is 0.310 e. The van der Waals surface area contributed by atoms with Gasteiger partial charge in [0.1, 0.15) is 12.1 Å². The highest BCUT2D eigenvalue weighted by Gasteiger charge is 2.34. The molecule has 3 N–H and O–H groups in total. The molecule has 0 saturated carbocycles. The van der Waals surface area contributed by atoms with Gasteiger partial charge in [0.15, 0.2) is 6.10 Å². The van der Waals surface area contributed by atoms with Gasteiger partial charge in [-0.2, -0.15) is 0 Å². The fourth-order valence-corrected chi connectivity index (χ4v) is 5.09. The Morgan fingerprint density at radius 2 is 1.80 bits per heavy atom. The van der Waals surface area contributed by atoms with Crippen LogP contribution in [0.4, 0.5) is 0 Å². The summed E-state index contributed by atoms with van der Waals surface area (Å²) in [5, 5.41) is 9.15. The van der Waals surface area contributed by atoms with E-state index in [1.54, 1.807) is 40.0 Å². The van der Waals surface area contributed by atoms with Crippen molar-refractivity contribution in [2.45, 2.75) is 85.5 Å². The molecule has 0 aliphatic carbocycles. The van der Waals surface area contributed by atoms with Crippen molar-refractivity contribution in [2.75, 3.05) is 6.54 Å². The summed E-state index contributed by atoms with van der Waals surface area (Å²) in [6, 6.07) is 6.13. The van der Waals surface area contributed by atoms with Crippen LogP contribution in [0.15, 0.2) is 49.2 Å². The van der Waals surface area contributed by atoms with Gasteiger partial charge in [-0.15, -0.1) is 0 Å². The van der Waals surface area contributed by atoms with Crippen molar-refractivity contribution in [3.05, 3.63) is 60.5 Å². The van der Waals surface area contributed by atoms with Gasteiger partial charge >= 0.3 is 5.97 Å². The molecule has 3 amide bonds. The fourth-order valence-electron chi connectivity index (χ4n) is 5.09. The molecule has 1 aromatic carbocycles. The van der Waals surface area contributed by atoms with Crippen molar-refractivity contribution in [2.24, 2.45) is 17.8 Å². The zero-order valence-electron chi connectivity index (χ0n) is 26.9. The van der Waals surface area contributed by atoms with Crippen LogP contribution in [0.3, 0.4) is 0 Å². The molecule has 6 atom stereocenters. The van der Waals surface area contributed by atoms with E-state index >= 15 is 0 Å². The van der Waals surface area contributed by atoms with Gasteiger partial charge in [0.2, 0.25) is 5.91 Å². The van der Waals surface area contributed by atoms with Crippen molar-refractivity contribution in [3.63, 3.8) is 0 Å². The van der Waals surface area contributed by atoms with E-state index < -0.39 is 36.0 Å². The Bertz CT molecular complexity index is 1390. The fraction of sp³-hybridized carbons (Fsp3) is 0.500. The molecule has 2 aromatic rings. The van der Waals surface area contributed by atoms with Crippen LogP contribution >= 0.6 is 0 Å². The molecule has 1 aliphatic heterocycles. The number of carbonyl (C=O) groups excluding carboxylic acids is 4. The summed E-state index contributed by atoms with van der Waals surface area (Å²) in [6.45, 7) is 16.8. The SMILES string of the molecule is C=Cc1cc2cc(C(C)NC(=O)C3CCCN(C(=O)C(C)NC(=O)C(OC(=O)C(C)C(C)C=CC)C(C)C)N3)ccc2cn1. The predicted octanol–water partition coefficient (Wildman–Crippen LogP) is 4.47. The van der Waals surface area contributed by atoms with Crippen molar-refractivity contribution in [3.8, 4) is 0 Å². The van der Waals surface area contributed by atoms with E-state index in [-0.39, 0.29) is 29.7 Å². The molecule has 10 heteroatoms. The van der Waals surface area contributed by atoms with E-state index in [1.807, 2.05) is 57.2 Å². The molecule has 6 unspecified atom stereocenters. The highest BCUT2D eigenvalue weighted by molar-refractivity contribution is 5.91. The molecule has 1 aliphatic rings. The summed E-state index contributed by atoms with van der Waals surface area (Å²) >= 11 is 0. The number of hydrazine groups is 1. The number of allylic oxidation sites excluding steroid dienone is 2. The lowest BCUT2D eigenvalue weighted by Crippen LogP contribution is -2.61. The van der Waals surface area contributed by atoms with Gasteiger partial charge in [0, 0.05) is 18.1 Å². The standard InChI is InChI=1S/C34H47N5O5/c1-9-12-21(5)22(6)34(43)44-30(20(3)4)32(41)37-24(8)33(42)39-16-11-13-29(38-39)31(40)36-23(7)25-14-15-26-19-35-28(10-2)18-27(26)17-25/h9-10,12,14-15,17-24,29-30,38H,2,11,13,16H2,1,3-8H3,(H,36,40)(H,37,41). The summed E-state index contributed by atoms with van der Waals surface area (Å²) in [7, 11) is 0. The average Bonchev–Trinajstić information content (AvgIpc) is 3.01. The Balaban J connectivity index is 1.59. The minimum Gasteiger partial charge on any atom is -0.452 e. The number of pyridine rings is 1. The van der Waals surface area contributed by atoms with E-state index in [9.17, 15) is 19.2 Å². The smallest absolute Gasteiger partial charge is 0.310 e. The van der Waals surface area contributed by atoms with E-state index in [1.165, 1.54) is 5.01 Å². The molecule has 2 heterocycles. The largest absolute Gasteiger partial charge is 0.452 e. The van der Waals surface area contributed by atoms with E-state index in [0.717, 1.165) is 22.0 Å². The molecule has 10 nitrogen and oxygen atoms in total. The number of nitrogens with zero attached hydrogens (tertiary/aromatic N) is 2. The first kappa shape index (κ1) is 34.4. The normalized spacial score (nSPS) is 18.7. The molecule has 238 valence electrons. The molecule has 0 spiro atoms. The third-order valence-electron chi connectivity index (χ3n) is 8.10. The number of hydrogen-bond donors (Lipinski definition) is 3. The van der Waals surface area contributed by atoms with Crippen LogP contribution in [-0.4, -0.2) is 58.4 Å². The van der Waals surface area contributed by atoms with Crippen LogP contribution < -0.4 is 16.1 Å². The molecule has 1 saturated heterocycles. The van der Waals surface area contributed by atoms with Crippen LogP contribution in [-0.2, 0) is 23.9 Å². The van der Waals surface area contributed by atoms with Crippen LogP contribution in [0.5, 0.6) is 0 Å². The van der Waals surface area contributed by atoms with Gasteiger partial charge in [-0.25, -0.2) is 5.43 Å². The minimum absolute atomic E-state index is 0.0437. The molecular weight excluding hydrogens is 558 g/mol. The van der Waals surface area contributed by atoms with Crippen molar-refractivity contribution >= 4 is 40.5 Å². The maximum atomic E-state index is 13.3. The van der Waals surface area contributed by atoms with Crippen molar-refractivity contribution in [1.29, 1.82) is 0 Å². The van der Waals surface area contributed by atoms with Gasteiger partial charge < -0.3 is 15.4 Å². The number of nitrogens with one attached hydrogen (secondary N) is 3. The summed E-state index contributed by atoms with van der Waals surface area (Å²) in [6.07, 6.45) is 7.41. The number of ether oxygens (including phenoxy) is 1. The number of aromatic nitrogens is 1. The second-order valence-electron chi connectivity index (χ2n) is 12.0. The monoisotopic (exact) mass is 605 g/mol. The molecule has 3 rings (SSSR count). The second kappa shape index (κ2) is 15.6. The Kier molecular flexibility index (Phi) is 12.2. The van der Waals surface area contributed by atoms with Gasteiger partial charge in [-0.3, -0.25) is 29.2 Å². The highest BCUT2D eigenvalue weighted by atomic mass is 16.5. The molecule has 0 radical (unpaired) electrons. The number of amides is 3. The lowest BCUT2D eigenvalue weighted by atomic mass is 9.95. The summed E-state index contributed by atoms with van der Waals surface area (Å²) in [4.78, 5) is 56.7. The Labute approximate surface area is 260 Å². The van der Waals surface area contributed by atoms with E-state index in [0.29, 0.717) is 19.4 Å². The zero-order valence-corrected chi connectivity index (χ0v) is 26.9. The number of hydrogen-bond acceptors (Lipinski definition) is 7. The van der Waals surface area contributed by atoms with Crippen LogP contribution in [0.25, 0.3) is 16.8 Å². The first-order valence-electron chi connectivity index (χ1n) is 15.4. The lowest BCUT2D eigenvalue weighted by Gasteiger charge is -2.35. The van der Waals surface area contributed by atoms with Gasteiger partial charge in [-0.05, 0) is 74.6 Å². The average molecular weight is 606 g/mol. The van der Waals surface area contributed by atoms with E-state index in [2.05, 4.69) is 27.6 Å². The first-order chi connectivity index (χ1) is 20.9. The predicted molar refractivity (Wildman–Crippen MR) is 172 cm³/mol. The number of rotatable bonds is 12. The molecule has 1 aromatic heterocycles. The molecule has 44 heavy (non-hydrogen) atoms. The molecule has 1 fully saturated rings. The Hall–Kier alpha value is -4.05. The number of fused-ring (bicyclic) bond motifs is 1. The highest BCUT2D eigenvalue weighted by Crippen LogP contribution is 2.22.